The van der Waals surface area contributed by atoms with Gasteiger partial charge in [0.1, 0.15) is 13.2 Å². The molecule has 0 heterocycles. The first kappa shape index (κ1) is 40.7. The standard InChI is InChI=1S/C33H63N2O6P/c1-6-8-10-12-14-15-16-17-18-19-20-21-22-24-26-32(36)31(34-33(37)27-25-23-13-11-9-7-2)30-41-42(38,39)40-29-28-35(3,4)5/h15-16,19-20,24,26,31-32,36H,6-14,17-18,21-23,25,27-30H2,1-5H3,(H-,34,37,38,39)/p+1/b16-15+,20-19+,26-24+. The molecule has 0 fully saturated rings. The van der Waals surface area contributed by atoms with Crippen molar-refractivity contribution in [2.45, 2.75) is 129 Å². The van der Waals surface area contributed by atoms with Crippen molar-refractivity contribution in [1.29, 1.82) is 0 Å². The second kappa shape index (κ2) is 26.2. The molecular formula is C33H64N2O6P+. The molecule has 0 bridgehead atoms. The van der Waals surface area contributed by atoms with Crippen molar-refractivity contribution >= 4 is 13.7 Å². The number of aliphatic hydroxyl groups excluding tert-OH is 1. The van der Waals surface area contributed by atoms with Gasteiger partial charge < -0.3 is 19.8 Å². The molecule has 1 amide bonds. The molecule has 0 aromatic carbocycles. The van der Waals surface area contributed by atoms with E-state index < -0.39 is 20.0 Å². The topological polar surface area (TPSA) is 105 Å². The summed E-state index contributed by atoms with van der Waals surface area (Å²) >= 11 is 0. The highest BCUT2D eigenvalue weighted by Gasteiger charge is 2.27. The zero-order chi connectivity index (χ0) is 31.5. The number of phosphoric ester groups is 1. The predicted octanol–water partition coefficient (Wildman–Crippen LogP) is 7.62. The van der Waals surface area contributed by atoms with Crippen LogP contribution in [0.5, 0.6) is 0 Å². The molecule has 0 saturated carbocycles. The van der Waals surface area contributed by atoms with E-state index in [2.05, 4.69) is 43.5 Å². The lowest BCUT2D eigenvalue weighted by atomic mass is 10.1. The Morgan fingerprint density at radius 1 is 0.786 bits per heavy atom. The molecular weight excluding hydrogens is 551 g/mol. The van der Waals surface area contributed by atoms with Gasteiger partial charge in [-0.25, -0.2) is 4.57 Å². The summed E-state index contributed by atoms with van der Waals surface area (Å²) in [5.74, 6) is -0.205. The summed E-state index contributed by atoms with van der Waals surface area (Å²) in [5.41, 5.74) is 0. The van der Waals surface area contributed by atoms with Crippen LogP contribution < -0.4 is 5.32 Å². The molecule has 0 aliphatic carbocycles. The van der Waals surface area contributed by atoms with Gasteiger partial charge in [-0.05, 0) is 44.9 Å². The van der Waals surface area contributed by atoms with E-state index in [4.69, 9.17) is 9.05 Å². The van der Waals surface area contributed by atoms with E-state index in [1.165, 1.54) is 51.4 Å². The maximum Gasteiger partial charge on any atom is 0.472 e. The van der Waals surface area contributed by atoms with Crippen LogP contribution in [0.15, 0.2) is 36.5 Å². The first-order valence-electron chi connectivity index (χ1n) is 16.4. The molecule has 3 N–H and O–H groups in total. The number of carbonyl (C=O) groups is 1. The second-order valence-corrected chi connectivity index (χ2v) is 13.6. The van der Waals surface area contributed by atoms with Crippen LogP contribution in [0.4, 0.5) is 0 Å². The van der Waals surface area contributed by atoms with Crippen molar-refractivity contribution in [2.75, 3.05) is 40.9 Å². The molecule has 8 nitrogen and oxygen atoms in total. The first-order valence-corrected chi connectivity index (χ1v) is 17.9. The van der Waals surface area contributed by atoms with E-state index in [0.717, 1.165) is 44.9 Å². The molecule has 246 valence electrons. The number of phosphoric acid groups is 1. The molecule has 0 rings (SSSR count). The third kappa shape index (κ3) is 27.5. The van der Waals surface area contributed by atoms with Gasteiger partial charge in [-0.15, -0.1) is 0 Å². The van der Waals surface area contributed by atoms with Crippen molar-refractivity contribution in [3.63, 3.8) is 0 Å². The molecule has 0 aliphatic heterocycles. The Morgan fingerprint density at radius 3 is 1.90 bits per heavy atom. The SMILES string of the molecule is CCCCCC/C=C/CC/C=C/CC/C=C/C(O)C(COP(=O)(O)OCC[N+](C)(C)C)NC(=O)CCCCCCCC. The number of nitrogens with one attached hydrogen (secondary N) is 1. The monoisotopic (exact) mass is 615 g/mol. The predicted molar refractivity (Wildman–Crippen MR) is 175 cm³/mol. The Morgan fingerprint density at radius 2 is 1.31 bits per heavy atom. The number of amides is 1. The van der Waals surface area contributed by atoms with Gasteiger partial charge in [0.05, 0.1) is 39.9 Å². The number of unbranched alkanes of at least 4 members (excludes halogenated alkanes) is 11. The van der Waals surface area contributed by atoms with Crippen LogP contribution in [0.25, 0.3) is 0 Å². The van der Waals surface area contributed by atoms with E-state index >= 15 is 0 Å². The van der Waals surface area contributed by atoms with Gasteiger partial charge in [-0.3, -0.25) is 13.8 Å². The largest absolute Gasteiger partial charge is 0.472 e. The summed E-state index contributed by atoms with van der Waals surface area (Å²) in [4.78, 5) is 22.7. The molecule has 0 saturated heterocycles. The van der Waals surface area contributed by atoms with Crippen molar-refractivity contribution < 1.29 is 32.9 Å². The molecule has 3 unspecified atom stereocenters. The minimum absolute atomic E-state index is 0.0532. The molecule has 0 aromatic heterocycles. The maximum absolute atomic E-state index is 12.6. The average molecular weight is 616 g/mol. The molecule has 0 spiro atoms. The van der Waals surface area contributed by atoms with Crippen molar-refractivity contribution in [3.8, 4) is 0 Å². The third-order valence-electron chi connectivity index (χ3n) is 6.84. The van der Waals surface area contributed by atoms with Crippen LogP contribution in [-0.4, -0.2) is 73.4 Å². The zero-order valence-corrected chi connectivity index (χ0v) is 28.4. The summed E-state index contributed by atoms with van der Waals surface area (Å²) in [6.07, 6.45) is 28.0. The lowest BCUT2D eigenvalue weighted by molar-refractivity contribution is -0.870. The summed E-state index contributed by atoms with van der Waals surface area (Å²) in [6.45, 7) is 4.65. The van der Waals surface area contributed by atoms with Crippen LogP contribution in [0.3, 0.4) is 0 Å². The average Bonchev–Trinajstić information content (AvgIpc) is 2.92. The summed E-state index contributed by atoms with van der Waals surface area (Å²) in [6, 6.07) is -0.861. The highest BCUT2D eigenvalue weighted by Crippen LogP contribution is 2.43. The number of rotatable bonds is 28. The minimum atomic E-state index is -4.32. The van der Waals surface area contributed by atoms with Crippen LogP contribution in [0, 0.1) is 0 Å². The number of allylic oxidation sites excluding steroid dienone is 5. The Labute approximate surface area is 257 Å². The van der Waals surface area contributed by atoms with Gasteiger partial charge in [0, 0.05) is 6.42 Å². The number of aliphatic hydroxyl groups is 1. The quantitative estimate of drug-likeness (QED) is 0.0362. The Bertz CT molecular complexity index is 794. The molecule has 0 aliphatic rings. The normalized spacial score (nSPS) is 15.5. The number of nitrogens with zero attached hydrogens (tertiary/aromatic N) is 1. The lowest BCUT2D eigenvalue weighted by Gasteiger charge is -2.25. The highest BCUT2D eigenvalue weighted by molar-refractivity contribution is 7.47. The number of quaternary nitrogens is 1. The fourth-order valence-corrected chi connectivity index (χ4v) is 4.86. The van der Waals surface area contributed by atoms with E-state index in [1.54, 1.807) is 6.08 Å². The zero-order valence-electron chi connectivity index (χ0n) is 27.5. The summed E-state index contributed by atoms with van der Waals surface area (Å²) in [7, 11) is 1.54. The van der Waals surface area contributed by atoms with Gasteiger partial charge in [-0.1, -0.05) is 102 Å². The molecule has 42 heavy (non-hydrogen) atoms. The first-order chi connectivity index (χ1) is 20.0. The van der Waals surface area contributed by atoms with E-state index in [0.29, 0.717) is 17.4 Å². The Balaban J connectivity index is 4.69. The Kier molecular flexibility index (Phi) is 25.4. The maximum atomic E-state index is 12.6. The fourth-order valence-electron chi connectivity index (χ4n) is 4.13. The van der Waals surface area contributed by atoms with E-state index in [-0.39, 0.29) is 19.1 Å². The molecule has 9 heteroatoms. The fraction of sp³-hybridized carbons (Fsp3) is 0.788. The lowest BCUT2D eigenvalue weighted by Crippen LogP contribution is -2.45. The molecule has 3 atom stereocenters. The molecule has 0 radical (unpaired) electrons. The number of carbonyl (C=O) groups excluding carboxylic acids is 1. The van der Waals surface area contributed by atoms with Gasteiger partial charge in [0.25, 0.3) is 0 Å². The van der Waals surface area contributed by atoms with Crippen molar-refractivity contribution in [3.05, 3.63) is 36.5 Å². The van der Waals surface area contributed by atoms with Gasteiger partial charge in [-0.2, -0.15) is 0 Å². The van der Waals surface area contributed by atoms with E-state index in [1.807, 2.05) is 27.2 Å². The Hall–Kier alpha value is -1.28. The highest BCUT2D eigenvalue weighted by atomic mass is 31.2. The smallest absolute Gasteiger partial charge is 0.387 e. The number of hydrogen-bond donors (Lipinski definition) is 3. The van der Waals surface area contributed by atoms with Crippen LogP contribution in [0.1, 0.15) is 117 Å². The summed E-state index contributed by atoms with van der Waals surface area (Å²) < 4.78 is 23.2. The van der Waals surface area contributed by atoms with Gasteiger partial charge in [0.2, 0.25) is 5.91 Å². The third-order valence-corrected chi connectivity index (χ3v) is 7.82. The minimum Gasteiger partial charge on any atom is -0.387 e. The number of hydrogen-bond acceptors (Lipinski definition) is 5. The van der Waals surface area contributed by atoms with Crippen LogP contribution in [-0.2, 0) is 18.4 Å². The second-order valence-electron chi connectivity index (χ2n) is 12.2. The summed E-state index contributed by atoms with van der Waals surface area (Å²) in [5, 5.41) is 13.6. The number of likely N-dealkylation sites (N-methyl/N-ethyl adjacent to an activating group) is 1. The van der Waals surface area contributed by atoms with Crippen molar-refractivity contribution in [2.24, 2.45) is 0 Å². The van der Waals surface area contributed by atoms with Crippen molar-refractivity contribution in [1.82, 2.24) is 5.32 Å². The van der Waals surface area contributed by atoms with Crippen LogP contribution in [0.2, 0.25) is 0 Å². The van der Waals surface area contributed by atoms with Gasteiger partial charge in [0.15, 0.2) is 0 Å². The van der Waals surface area contributed by atoms with Gasteiger partial charge >= 0.3 is 7.82 Å². The van der Waals surface area contributed by atoms with Crippen LogP contribution >= 0.6 is 7.82 Å². The molecule has 0 aromatic rings. The van der Waals surface area contributed by atoms with E-state index in [9.17, 15) is 19.4 Å².